The lowest BCUT2D eigenvalue weighted by molar-refractivity contribution is -0.304. The molecule has 0 saturated carbocycles. The van der Waals surface area contributed by atoms with Crippen LogP contribution in [0.25, 0.3) is 0 Å². The molecule has 9 atom stereocenters. The monoisotopic (exact) mass is 486 g/mol. The van der Waals surface area contributed by atoms with Gasteiger partial charge in [-0.1, -0.05) is 52.0 Å². The normalized spacial score (nSPS) is 38.3. The molecule has 34 heavy (non-hydrogen) atoms. The van der Waals surface area contributed by atoms with Gasteiger partial charge in [-0.3, -0.25) is 4.79 Å². The van der Waals surface area contributed by atoms with Crippen LogP contribution in [-0.4, -0.2) is 80.2 Å². The van der Waals surface area contributed by atoms with Crippen LogP contribution in [0.1, 0.15) is 60.3 Å². The minimum atomic E-state index is -1.66. The summed E-state index contributed by atoms with van der Waals surface area (Å²) in [7, 11) is 0. The van der Waals surface area contributed by atoms with Crippen LogP contribution in [0.4, 0.5) is 0 Å². The van der Waals surface area contributed by atoms with Crippen LogP contribution in [0.3, 0.4) is 0 Å². The molecule has 5 N–H and O–H groups in total. The minimum absolute atomic E-state index is 0.00393. The van der Waals surface area contributed by atoms with Crippen LogP contribution < -0.4 is 0 Å². The predicted octanol–water partition coefficient (Wildman–Crippen LogP) is 1.97. The van der Waals surface area contributed by atoms with E-state index in [0.717, 1.165) is 0 Å². The van der Waals surface area contributed by atoms with Crippen molar-refractivity contribution in [1.29, 1.82) is 0 Å². The van der Waals surface area contributed by atoms with E-state index in [4.69, 9.17) is 14.2 Å². The van der Waals surface area contributed by atoms with Gasteiger partial charge in [0.25, 0.3) is 0 Å². The van der Waals surface area contributed by atoms with Gasteiger partial charge in [-0.25, -0.2) is 0 Å². The third kappa shape index (κ3) is 8.41. The quantitative estimate of drug-likeness (QED) is 0.293. The van der Waals surface area contributed by atoms with E-state index in [1.165, 1.54) is 0 Å². The van der Waals surface area contributed by atoms with Gasteiger partial charge in [0.2, 0.25) is 0 Å². The average molecular weight is 487 g/mol. The second-order valence-electron chi connectivity index (χ2n) is 10.3. The average Bonchev–Trinajstić information content (AvgIpc) is 2.67. The van der Waals surface area contributed by atoms with Gasteiger partial charge in [0, 0.05) is 25.7 Å². The lowest BCUT2D eigenvalue weighted by Gasteiger charge is -2.44. The van der Waals surface area contributed by atoms with Crippen molar-refractivity contribution in [1.82, 2.24) is 0 Å². The first kappa shape index (κ1) is 28.9. The topological polar surface area (TPSA) is 146 Å². The van der Waals surface area contributed by atoms with Crippen molar-refractivity contribution >= 4 is 5.97 Å². The summed E-state index contributed by atoms with van der Waals surface area (Å²) in [5.74, 6) is -3.75. The van der Waals surface area contributed by atoms with E-state index in [2.05, 4.69) is 0 Å². The summed E-state index contributed by atoms with van der Waals surface area (Å²) in [5, 5.41) is 51.6. The summed E-state index contributed by atoms with van der Waals surface area (Å²) in [6.45, 7) is 9.54. The predicted molar refractivity (Wildman–Crippen MR) is 125 cm³/mol. The highest BCUT2D eigenvalue weighted by atomic mass is 16.7. The Balaban J connectivity index is 2.27. The number of rotatable bonds is 10. The van der Waals surface area contributed by atoms with E-state index in [-0.39, 0.29) is 31.6 Å². The summed E-state index contributed by atoms with van der Waals surface area (Å²) in [6.07, 6.45) is 0.842. The summed E-state index contributed by atoms with van der Waals surface area (Å²) in [4.78, 5) is 12.0. The van der Waals surface area contributed by atoms with Gasteiger partial charge in [-0.15, -0.1) is 0 Å². The van der Waals surface area contributed by atoms with Crippen molar-refractivity contribution in [3.05, 3.63) is 24.3 Å². The molecule has 2 fully saturated rings. The first-order chi connectivity index (χ1) is 15.8. The molecule has 2 saturated heterocycles. The second-order valence-corrected chi connectivity index (χ2v) is 10.3. The lowest BCUT2D eigenvalue weighted by Crippen LogP contribution is -2.55. The van der Waals surface area contributed by atoms with Gasteiger partial charge in [0.15, 0.2) is 12.1 Å². The van der Waals surface area contributed by atoms with Gasteiger partial charge >= 0.3 is 5.97 Å². The van der Waals surface area contributed by atoms with Crippen molar-refractivity contribution in [2.24, 2.45) is 17.8 Å². The standard InChI is InChI=1S/C25H42O9/c1-14(2)8-6-7-9-17(33-24-19(27)11-18(26)16(5)32-24)10-21-22(23(29)30)20(28)13-25(31,34-21)12-15(3)4/h6-9,14-22,24,26-28,31H,10-13H2,1-5H3,(H,29,30)/b8-6+,9-7+/t16-,17?,18?,19?,20+,21+,22?,24?,25?/m1/s1. The molecule has 2 heterocycles. The SMILES string of the molecule is CC(C)/C=C/C=C/C(C[C@@H]1OC(O)(CC(C)C)C[C@H](O)C1C(=O)O)OC1O[C@H](C)C(O)CC1O. The van der Waals surface area contributed by atoms with Gasteiger partial charge in [0.1, 0.15) is 12.0 Å². The second kappa shape index (κ2) is 12.6. The van der Waals surface area contributed by atoms with Crippen LogP contribution >= 0.6 is 0 Å². The fourth-order valence-corrected chi connectivity index (χ4v) is 4.51. The lowest BCUT2D eigenvalue weighted by atomic mass is 9.82. The number of carboxylic acids is 1. The number of aliphatic hydroxyl groups excluding tert-OH is 3. The van der Waals surface area contributed by atoms with Crippen LogP contribution in [0.15, 0.2) is 24.3 Å². The molecule has 2 aliphatic rings. The zero-order valence-electron chi connectivity index (χ0n) is 20.8. The zero-order chi connectivity index (χ0) is 25.6. The molecule has 2 rings (SSSR count). The summed E-state index contributed by atoms with van der Waals surface area (Å²) >= 11 is 0. The molecule has 0 aromatic rings. The Kier molecular flexibility index (Phi) is 10.7. The highest BCUT2D eigenvalue weighted by Gasteiger charge is 2.49. The third-order valence-electron chi connectivity index (χ3n) is 6.12. The molecular weight excluding hydrogens is 444 g/mol. The molecule has 9 heteroatoms. The molecule has 2 aliphatic heterocycles. The highest BCUT2D eigenvalue weighted by molar-refractivity contribution is 5.71. The fourth-order valence-electron chi connectivity index (χ4n) is 4.51. The molecular formula is C25H42O9. The summed E-state index contributed by atoms with van der Waals surface area (Å²) in [6, 6.07) is 0. The van der Waals surface area contributed by atoms with Crippen LogP contribution in [0.5, 0.6) is 0 Å². The Labute approximate surface area is 202 Å². The highest BCUT2D eigenvalue weighted by Crippen LogP contribution is 2.38. The fraction of sp³-hybridized carbons (Fsp3) is 0.800. The number of carboxylic acid groups (broad SMARTS) is 1. The third-order valence-corrected chi connectivity index (χ3v) is 6.12. The molecule has 0 amide bonds. The van der Waals surface area contributed by atoms with Gasteiger partial charge in [-0.05, 0) is 18.8 Å². The van der Waals surface area contributed by atoms with Crippen LogP contribution in [-0.2, 0) is 19.0 Å². The Morgan fingerprint density at radius 1 is 1.09 bits per heavy atom. The van der Waals surface area contributed by atoms with Crippen molar-refractivity contribution in [3.8, 4) is 0 Å². The number of hydrogen-bond donors (Lipinski definition) is 5. The Bertz CT molecular complexity index is 706. The smallest absolute Gasteiger partial charge is 0.311 e. The minimum Gasteiger partial charge on any atom is -0.481 e. The molecule has 9 nitrogen and oxygen atoms in total. The first-order valence-electron chi connectivity index (χ1n) is 12.1. The van der Waals surface area contributed by atoms with Gasteiger partial charge in [-0.2, -0.15) is 0 Å². The number of ether oxygens (including phenoxy) is 3. The van der Waals surface area contributed by atoms with Gasteiger partial charge < -0.3 is 39.7 Å². The van der Waals surface area contributed by atoms with E-state index >= 15 is 0 Å². The molecule has 0 aliphatic carbocycles. The van der Waals surface area contributed by atoms with E-state index in [1.54, 1.807) is 19.1 Å². The van der Waals surface area contributed by atoms with Crippen LogP contribution in [0, 0.1) is 17.8 Å². The number of aliphatic carboxylic acids is 1. The Morgan fingerprint density at radius 2 is 1.74 bits per heavy atom. The largest absolute Gasteiger partial charge is 0.481 e. The van der Waals surface area contributed by atoms with E-state index in [9.17, 15) is 30.3 Å². The zero-order valence-corrected chi connectivity index (χ0v) is 20.8. The van der Waals surface area contributed by atoms with Crippen molar-refractivity contribution in [2.45, 2.75) is 109 Å². The number of hydrogen-bond acceptors (Lipinski definition) is 8. The molecule has 0 aromatic heterocycles. The molecule has 0 radical (unpaired) electrons. The number of aliphatic hydroxyl groups is 4. The molecule has 196 valence electrons. The van der Waals surface area contributed by atoms with Crippen LogP contribution in [0.2, 0.25) is 0 Å². The Hall–Kier alpha value is -1.33. The van der Waals surface area contributed by atoms with E-state index in [1.807, 2.05) is 39.8 Å². The Morgan fingerprint density at radius 3 is 2.32 bits per heavy atom. The summed E-state index contributed by atoms with van der Waals surface area (Å²) < 4.78 is 17.5. The molecule has 6 unspecified atom stereocenters. The molecule has 0 spiro atoms. The molecule has 0 bridgehead atoms. The van der Waals surface area contributed by atoms with E-state index < -0.39 is 60.6 Å². The number of carbonyl (C=O) groups is 1. The van der Waals surface area contributed by atoms with E-state index in [0.29, 0.717) is 5.92 Å². The maximum absolute atomic E-state index is 12.0. The maximum Gasteiger partial charge on any atom is 0.311 e. The maximum atomic E-state index is 12.0. The first-order valence-corrected chi connectivity index (χ1v) is 12.1. The molecule has 0 aromatic carbocycles. The van der Waals surface area contributed by atoms with Crippen molar-refractivity contribution < 1.29 is 44.5 Å². The van der Waals surface area contributed by atoms with Crippen molar-refractivity contribution in [2.75, 3.05) is 0 Å². The number of allylic oxidation sites excluding steroid dienone is 3. The summed E-state index contributed by atoms with van der Waals surface area (Å²) in [5.41, 5.74) is 0. The van der Waals surface area contributed by atoms with Crippen molar-refractivity contribution in [3.63, 3.8) is 0 Å². The van der Waals surface area contributed by atoms with Gasteiger partial charge in [0.05, 0.1) is 30.5 Å².